The molecule has 0 aromatic rings. The average Bonchev–Trinajstić information content (AvgIpc) is 2.72. The Hall–Kier alpha value is -0.210. The maximum atomic E-state index is 15.1. The fraction of sp³-hybridized carbons (Fsp3) is 1.00. The van der Waals surface area contributed by atoms with Gasteiger partial charge in [-0.3, -0.25) is 0 Å². The van der Waals surface area contributed by atoms with Crippen molar-refractivity contribution in [3.63, 3.8) is 0 Å². The fourth-order valence-electron chi connectivity index (χ4n) is 7.37. The molecule has 0 spiro atoms. The Morgan fingerprint density at radius 2 is 0.926 bits per heavy atom. The van der Waals surface area contributed by atoms with Crippen LogP contribution in [0.25, 0.3) is 0 Å². The van der Waals surface area contributed by atoms with Gasteiger partial charge >= 0.3 is 0 Å². The van der Waals surface area contributed by atoms with Gasteiger partial charge < -0.3 is 0 Å². The van der Waals surface area contributed by atoms with E-state index in [0.717, 1.165) is 32.1 Å². The van der Waals surface area contributed by atoms with Gasteiger partial charge in [0.15, 0.2) is 0 Å². The third-order valence-electron chi connectivity index (χ3n) is 8.94. The monoisotopic (exact) mass is 384 g/mol. The first-order chi connectivity index (χ1) is 13.1. The number of hydrogen-bond donors (Lipinski definition) is 0. The lowest BCUT2D eigenvalue weighted by molar-refractivity contribution is -0.0558. The third-order valence-corrected chi connectivity index (χ3v) is 8.94. The molecular weight excluding hydrogens is 345 g/mol. The molecule has 4 aliphatic carbocycles. The Kier molecular flexibility index (Phi) is 6.75. The minimum atomic E-state index is -1.43. The molecule has 0 aliphatic heterocycles. The molecule has 3 heteroatoms. The molecule has 0 heterocycles. The van der Waals surface area contributed by atoms with Gasteiger partial charge in [0.1, 0.15) is 18.5 Å². The van der Waals surface area contributed by atoms with Crippen molar-refractivity contribution < 1.29 is 13.2 Å². The van der Waals surface area contributed by atoms with E-state index in [9.17, 15) is 0 Å². The normalized spacial score (nSPS) is 45.7. The van der Waals surface area contributed by atoms with Crippen LogP contribution in [0.15, 0.2) is 0 Å². The van der Waals surface area contributed by atoms with E-state index in [2.05, 4.69) is 0 Å². The average molecular weight is 385 g/mol. The van der Waals surface area contributed by atoms with Crippen LogP contribution in [-0.4, -0.2) is 18.5 Å². The molecule has 0 radical (unpaired) electrons. The van der Waals surface area contributed by atoms with Crippen molar-refractivity contribution in [3.8, 4) is 0 Å². The molecule has 156 valence electrons. The van der Waals surface area contributed by atoms with Crippen molar-refractivity contribution in [1.82, 2.24) is 0 Å². The summed E-state index contributed by atoms with van der Waals surface area (Å²) < 4.78 is 45.2. The number of halogens is 3. The Balaban J connectivity index is 1.33. The summed E-state index contributed by atoms with van der Waals surface area (Å²) in [7, 11) is 0. The third kappa shape index (κ3) is 4.37. The molecule has 27 heavy (non-hydrogen) atoms. The highest BCUT2D eigenvalue weighted by molar-refractivity contribution is 4.97. The van der Waals surface area contributed by atoms with E-state index < -0.39 is 18.5 Å². The predicted octanol–water partition coefficient (Wildman–Crippen LogP) is 7.60. The zero-order chi connectivity index (χ0) is 18.8. The first kappa shape index (κ1) is 20.1. The van der Waals surface area contributed by atoms with E-state index in [1.54, 1.807) is 0 Å². The highest BCUT2D eigenvalue weighted by atomic mass is 19.2. The molecule has 0 aromatic carbocycles. The molecule has 4 saturated carbocycles. The van der Waals surface area contributed by atoms with Gasteiger partial charge in [-0.25, -0.2) is 13.2 Å². The summed E-state index contributed by atoms with van der Waals surface area (Å²) in [6.45, 7) is 0. The minimum Gasteiger partial charge on any atom is -0.247 e. The molecule has 0 N–H and O–H groups in total. The van der Waals surface area contributed by atoms with Gasteiger partial charge in [-0.1, -0.05) is 64.2 Å². The van der Waals surface area contributed by atoms with E-state index in [0.29, 0.717) is 30.6 Å². The molecular formula is C24H39F3. The molecule has 4 aliphatic rings. The summed E-state index contributed by atoms with van der Waals surface area (Å²) in [5.41, 5.74) is 0. The standard InChI is InChI=1S/C24H39F3/c25-22-15-18(16-7-3-1-4-8-16)11-12-20(22)21-14-13-19(23(26)24(21)27)17-9-5-2-6-10-17/h16-24H,1-15H2. The largest absolute Gasteiger partial charge is 0.247 e. The van der Waals surface area contributed by atoms with Gasteiger partial charge in [0.05, 0.1) is 0 Å². The summed E-state index contributed by atoms with van der Waals surface area (Å²) in [6.07, 6.45) is 12.4. The Morgan fingerprint density at radius 1 is 0.407 bits per heavy atom. The fourth-order valence-corrected chi connectivity index (χ4v) is 7.37. The summed E-state index contributed by atoms with van der Waals surface area (Å²) in [5, 5.41) is 0. The van der Waals surface area contributed by atoms with E-state index in [1.165, 1.54) is 51.4 Å². The molecule has 0 saturated heterocycles. The van der Waals surface area contributed by atoms with Crippen molar-refractivity contribution in [3.05, 3.63) is 0 Å². The van der Waals surface area contributed by atoms with Crippen molar-refractivity contribution in [2.45, 2.75) is 115 Å². The summed E-state index contributed by atoms with van der Waals surface area (Å²) >= 11 is 0. The smallest absolute Gasteiger partial charge is 0.135 e. The van der Waals surface area contributed by atoms with E-state index in [-0.39, 0.29) is 17.8 Å². The van der Waals surface area contributed by atoms with Crippen LogP contribution >= 0.6 is 0 Å². The van der Waals surface area contributed by atoms with Crippen LogP contribution in [0.1, 0.15) is 96.3 Å². The van der Waals surface area contributed by atoms with Crippen molar-refractivity contribution >= 4 is 0 Å². The lowest BCUT2D eigenvalue weighted by Crippen LogP contribution is -2.47. The van der Waals surface area contributed by atoms with Gasteiger partial charge in [0.25, 0.3) is 0 Å². The zero-order valence-electron chi connectivity index (χ0n) is 16.9. The topological polar surface area (TPSA) is 0 Å². The maximum absolute atomic E-state index is 15.1. The molecule has 4 fully saturated rings. The van der Waals surface area contributed by atoms with Gasteiger partial charge in [0, 0.05) is 0 Å². The Bertz CT molecular complexity index is 455. The van der Waals surface area contributed by atoms with Crippen molar-refractivity contribution in [1.29, 1.82) is 0 Å². The first-order valence-corrected chi connectivity index (χ1v) is 12.1. The lowest BCUT2D eigenvalue weighted by atomic mass is 9.62. The van der Waals surface area contributed by atoms with Crippen LogP contribution in [-0.2, 0) is 0 Å². The van der Waals surface area contributed by atoms with Gasteiger partial charge in [-0.15, -0.1) is 0 Å². The number of alkyl halides is 3. The van der Waals surface area contributed by atoms with Gasteiger partial charge in [-0.2, -0.15) is 0 Å². The quantitative estimate of drug-likeness (QED) is 0.470. The van der Waals surface area contributed by atoms with Crippen LogP contribution in [0.4, 0.5) is 13.2 Å². The Labute approximate surface area is 164 Å². The molecule has 7 atom stereocenters. The second-order valence-corrected chi connectivity index (χ2v) is 10.3. The SMILES string of the molecule is FC1CC(C2CCCCC2)CCC1C1CCC(C2CCCCC2)C(F)C1F. The van der Waals surface area contributed by atoms with Crippen LogP contribution < -0.4 is 0 Å². The molecule has 0 aromatic heterocycles. The molecule has 0 bridgehead atoms. The second kappa shape index (κ2) is 9.08. The van der Waals surface area contributed by atoms with Gasteiger partial charge in [0.2, 0.25) is 0 Å². The van der Waals surface area contributed by atoms with Crippen molar-refractivity contribution in [2.24, 2.45) is 35.5 Å². The molecule has 0 amide bonds. The first-order valence-electron chi connectivity index (χ1n) is 12.1. The lowest BCUT2D eigenvalue weighted by Gasteiger charge is -2.46. The Morgan fingerprint density at radius 3 is 1.56 bits per heavy atom. The van der Waals surface area contributed by atoms with Crippen LogP contribution in [0, 0.1) is 35.5 Å². The zero-order valence-corrected chi connectivity index (χ0v) is 16.9. The number of rotatable bonds is 3. The van der Waals surface area contributed by atoms with Crippen LogP contribution in [0.5, 0.6) is 0 Å². The summed E-state index contributed by atoms with van der Waals surface area (Å²) in [5.74, 6) is 0.848. The van der Waals surface area contributed by atoms with E-state index in [4.69, 9.17) is 0 Å². The van der Waals surface area contributed by atoms with Crippen LogP contribution in [0.2, 0.25) is 0 Å². The second-order valence-electron chi connectivity index (χ2n) is 10.3. The van der Waals surface area contributed by atoms with E-state index >= 15 is 13.2 Å². The minimum absolute atomic E-state index is 0.104. The molecule has 7 unspecified atom stereocenters. The van der Waals surface area contributed by atoms with Crippen molar-refractivity contribution in [2.75, 3.05) is 0 Å². The summed E-state index contributed by atoms with van der Waals surface area (Å²) in [4.78, 5) is 0. The number of hydrogen-bond acceptors (Lipinski definition) is 0. The van der Waals surface area contributed by atoms with Gasteiger partial charge in [-0.05, 0) is 67.6 Å². The molecule has 0 nitrogen and oxygen atoms in total. The van der Waals surface area contributed by atoms with E-state index in [1.807, 2.05) is 0 Å². The molecule has 4 rings (SSSR count). The summed E-state index contributed by atoms with van der Waals surface area (Å²) in [6, 6.07) is 0. The maximum Gasteiger partial charge on any atom is 0.135 e. The van der Waals surface area contributed by atoms with Crippen LogP contribution in [0.3, 0.4) is 0 Å². The highest BCUT2D eigenvalue weighted by Gasteiger charge is 2.49. The predicted molar refractivity (Wildman–Crippen MR) is 105 cm³/mol. The highest BCUT2D eigenvalue weighted by Crippen LogP contribution is 2.49.